The molecule has 1 heterocycles. The van der Waals surface area contributed by atoms with Crippen LogP contribution in [0.15, 0.2) is 23.2 Å². The minimum Gasteiger partial charge on any atom is -0.365 e. The Labute approximate surface area is 163 Å². The third-order valence-electron chi connectivity index (χ3n) is 3.91. The van der Waals surface area contributed by atoms with Crippen molar-refractivity contribution in [1.29, 1.82) is 0 Å². The molecule has 9 heteroatoms. The van der Waals surface area contributed by atoms with Crippen LogP contribution < -0.4 is 15.5 Å². The predicted octanol–water partition coefficient (Wildman–Crippen LogP) is 1.41. The molecule has 1 aromatic rings. The average Bonchev–Trinajstić information content (AvgIpc) is 2.98. The predicted molar refractivity (Wildman–Crippen MR) is 106 cm³/mol. The Hall–Kier alpha value is -1.65. The third-order valence-corrected chi connectivity index (χ3v) is 3.91. The molecule has 0 radical (unpaired) electrons. The first-order chi connectivity index (χ1) is 11.4. The van der Waals surface area contributed by atoms with Crippen LogP contribution in [0.4, 0.5) is 14.5 Å². The van der Waals surface area contributed by atoms with E-state index in [-0.39, 0.29) is 48.2 Å². The molecule has 0 aromatic heterocycles. The summed E-state index contributed by atoms with van der Waals surface area (Å²) in [5, 5.41) is 6.12. The number of aliphatic imine (C=N–C) groups is 1. The van der Waals surface area contributed by atoms with Crippen molar-refractivity contribution in [2.75, 3.05) is 45.7 Å². The normalized spacial score (nSPS) is 17.1. The molecule has 0 spiro atoms. The Bertz CT molecular complexity index is 606. The molecule has 25 heavy (non-hydrogen) atoms. The Morgan fingerprint density at radius 1 is 1.36 bits per heavy atom. The van der Waals surface area contributed by atoms with Gasteiger partial charge >= 0.3 is 0 Å². The molecule has 1 amide bonds. The molecular weight excluding hydrogens is 443 g/mol. The molecule has 0 aliphatic carbocycles. The lowest BCUT2D eigenvalue weighted by Crippen LogP contribution is -2.47. The summed E-state index contributed by atoms with van der Waals surface area (Å²) in [6, 6.07) is 3.86. The maximum Gasteiger partial charge on any atom is 0.241 e. The van der Waals surface area contributed by atoms with E-state index >= 15 is 0 Å². The van der Waals surface area contributed by atoms with E-state index in [4.69, 9.17) is 0 Å². The number of hydrogen-bond donors (Lipinski definition) is 2. The summed E-state index contributed by atoms with van der Waals surface area (Å²) >= 11 is 0. The topological polar surface area (TPSA) is 60.0 Å². The second kappa shape index (κ2) is 9.73. The van der Waals surface area contributed by atoms with Crippen LogP contribution in [0.2, 0.25) is 0 Å². The van der Waals surface area contributed by atoms with Crippen LogP contribution >= 0.6 is 24.0 Å². The molecule has 140 valence electrons. The van der Waals surface area contributed by atoms with Crippen LogP contribution in [0, 0.1) is 11.6 Å². The number of amides is 1. The van der Waals surface area contributed by atoms with E-state index in [1.807, 2.05) is 0 Å². The summed E-state index contributed by atoms with van der Waals surface area (Å²) in [5.41, 5.74) is 0.00697. The van der Waals surface area contributed by atoms with Crippen molar-refractivity contribution in [2.24, 2.45) is 4.99 Å². The number of carbonyl (C=O) groups excluding carboxylic acids is 1. The molecule has 6 nitrogen and oxygen atoms in total. The van der Waals surface area contributed by atoms with Crippen molar-refractivity contribution in [3.63, 3.8) is 0 Å². The zero-order valence-corrected chi connectivity index (χ0v) is 16.9. The highest BCUT2D eigenvalue weighted by molar-refractivity contribution is 14.0. The minimum atomic E-state index is -0.560. The van der Waals surface area contributed by atoms with Gasteiger partial charge in [-0.05, 0) is 18.6 Å². The second-order valence-electron chi connectivity index (χ2n) is 5.86. The number of carbonyl (C=O) groups is 1. The van der Waals surface area contributed by atoms with E-state index < -0.39 is 11.6 Å². The van der Waals surface area contributed by atoms with Crippen molar-refractivity contribution >= 4 is 41.5 Å². The van der Waals surface area contributed by atoms with Gasteiger partial charge in [0.2, 0.25) is 5.91 Å². The highest BCUT2D eigenvalue weighted by Crippen LogP contribution is 2.26. The van der Waals surface area contributed by atoms with Crippen molar-refractivity contribution in [1.82, 2.24) is 15.5 Å². The molecule has 1 aliphatic rings. The number of rotatable bonds is 4. The Morgan fingerprint density at radius 2 is 2.00 bits per heavy atom. The highest BCUT2D eigenvalue weighted by atomic mass is 127. The van der Waals surface area contributed by atoms with Crippen LogP contribution in [0.1, 0.15) is 6.42 Å². The molecule has 1 unspecified atom stereocenters. The molecule has 1 fully saturated rings. The van der Waals surface area contributed by atoms with Gasteiger partial charge in [0, 0.05) is 40.3 Å². The fourth-order valence-corrected chi connectivity index (χ4v) is 2.58. The molecule has 2 N–H and O–H groups in total. The third kappa shape index (κ3) is 5.68. The number of anilines is 1. The van der Waals surface area contributed by atoms with Gasteiger partial charge in [-0.3, -0.25) is 9.79 Å². The van der Waals surface area contributed by atoms with E-state index in [9.17, 15) is 13.6 Å². The van der Waals surface area contributed by atoms with Gasteiger partial charge in [0.1, 0.15) is 17.3 Å². The largest absolute Gasteiger partial charge is 0.365 e. The number of nitrogens with one attached hydrogen (secondary N) is 2. The van der Waals surface area contributed by atoms with Gasteiger partial charge in [-0.25, -0.2) is 8.78 Å². The SMILES string of the molecule is CN=C(NCC(=O)N(C)C)NC1CCN(c2c(F)cccc2F)C1.I. The summed E-state index contributed by atoms with van der Waals surface area (Å²) in [4.78, 5) is 18.8. The lowest BCUT2D eigenvalue weighted by Gasteiger charge is -2.21. The lowest BCUT2D eigenvalue weighted by molar-refractivity contribution is -0.127. The first-order valence-electron chi connectivity index (χ1n) is 7.78. The fraction of sp³-hybridized carbons (Fsp3) is 0.500. The molecule has 2 rings (SSSR count). The van der Waals surface area contributed by atoms with Crippen molar-refractivity contribution < 1.29 is 13.6 Å². The molecule has 0 saturated carbocycles. The number of benzene rings is 1. The number of nitrogens with zero attached hydrogens (tertiary/aromatic N) is 3. The number of halogens is 3. The van der Waals surface area contributed by atoms with E-state index in [1.54, 1.807) is 26.0 Å². The molecule has 1 aliphatic heterocycles. The molecule has 0 bridgehead atoms. The molecule has 1 atom stereocenters. The quantitative estimate of drug-likeness (QED) is 0.400. The monoisotopic (exact) mass is 467 g/mol. The molecular formula is C16H24F2IN5O. The second-order valence-corrected chi connectivity index (χ2v) is 5.86. The van der Waals surface area contributed by atoms with Crippen LogP contribution in [0.5, 0.6) is 0 Å². The van der Waals surface area contributed by atoms with Crippen molar-refractivity contribution in [3.05, 3.63) is 29.8 Å². The van der Waals surface area contributed by atoms with E-state index in [0.29, 0.717) is 19.0 Å². The fourth-order valence-electron chi connectivity index (χ4n) is 2.58. The van der Waals surface area contributed by atoms with Crippen LogP contribution in [-0.4, -0.2) is 63.6 Å². The van der Waals surface area contributed by atoms with Gasteiger partial charge < -0.3 is 20.4 Å². The first kappa shape index (κ1) is 21.4. The summed E-state index contributed by atoms with van der Waals surface area (Å²) in [7, 11) is 4.97. The van der Waals surface area contributed by atoms with Crippen molar-refractivity contribution in [2.45, 2.75) is 12.5 Å². The number of likely N-dealkylation sites (N-methyl/N-ethyl adjacent to an activating group) is 1. The number of guanidine groups is 1. The van der Waals surface area contributed by atoms with Gasteiger partial charge in [-0.1, -0.05) is 6.07 Å². The Kier molecular flexibility index (Phi) is 8.33. The van der Waals surface area contributed by atoms with Crippen LogP contribution in [-0.2, 0) is 4.79 Å². The number of para-hydroxylation sites is 1. The number of hydrogen-bond acceptors (Lipinski definition) is 3. The van der Waals surface area contributed by atoms with E-state index in [2.05, 4.69) is 15.6 Å². The van der Waals surface area contributed by atoms with Crippen molar-refractivity contribution in [3.8, 4) is 0 Å². The standard InChI is InChI=1S/C16H23F2N5O.HI/c1-19-16(20-9-14(24)22(2)3)21-11-7-8-23(10-11)15-12(17)5-4-6-13(15)18;/h4-6,11H,7-10H2,1-3H3,(H2,19,20,21);1H. The zero-order chi connectivity index (χ0) is 17.7. The zero-order valence-electron chi connectivity index (χ0n) is 14.6. The first-order valence-corrected chi connectivity index (χ1v) is 7.78. The maximum absolute atomic E-state index is 13.9. The van der Waals surface area contributed by atoms with E-state index in [0.717, 1.165) is 6.42 Å². The van der Waals surface area contributed by atoms with Crippen LogP contribution in [0.25, 0.3) is 0 Å². The average molecular weight is 467 g/mol. The van der Waals surface area contributed by atoms with Gasteiger partial charge in [0.05, 0.1) is 6.54 Å². The smallest absolute Gasteiger partial charge is 0.241 e. The molecule has 1 saturated heterocycles. The maximum atomic E-state index is 13.9. The Balaban J connectivity index is 0.00000312. The minimum absolute atomic E-state index is 0. The lowest BCUT2D eigenvalue weighted by atomic mass is 10.2. The van der Waals surface area contributed by atoms with Gasteiger partial charge in [-0.2, -0.15) is 0 Å². The summed E-state index contributed by atoms with van der Waals surface area (Å²) in [6.45, 7) is 1.13. The van der Waals surface area contributed by atoms with Gasteiger partial charge in [-0.15, -0.1) is 24.0 Å². The Morgan fingerprint density at radius 3 is 2.56 bits per heavy atom. The van der Waals surface area contributed by atoms with Gasteiger partial charge in [0.25, 0.3) is 0 Å². The molecule has 1 aromatic carbocycles. The summed E-state index contributed by atoms with van der Waals surface area (Å²) in [6.07, 6.45) is 0.718. The van der Waals surface area contributed by atoms with Gasteiger partial charge in [0.15, 0.2) is 5.96 Å². The summed E-state index contributed by atoms with van der Waals surface area (Å²) < 4.78 is 27.7. The van der Waals surface area contributed by atoms with E-state index in [1.165, 1.54) is 23.1 Å². The summed E-state index contributed by atoms with van der Waals surface area (Å²) in [5.74, 6) is -0.699. The highest BCUT2D eigenvalue weighted by Gasteiger charge is 2.27. The van der Waals surface area contributed by atoms with Crippen LogP contribution in [0.3, 0.4) is 0 Å².